The van der Waals surface area contributed by atoms with Crippen molar-refractivity contribution in [2.24, 2.45) is 0 Å². The van der Waals surface area contributed by atoms with Gasteiger partial charge >= 0.3 is 0 Å². The molecule has 0 N–H and O–H groups in total. The van der Waals surface area contributed by atoms with Gasteiger partial charge in [0, 0.05) is 6.42 Å². The molecule has 0 aromatic heterocycles. The highest BCUT2D eigenvalue weighted by Gasteiger charge is 2.11. The van der Waals surface area contributed by atoms with Crippen LogP contribution in [-0.2, 0) is 0 Å². The van der Waals surface area contributed by atoms with Crippen molar-refractivity contribution in [1.82, 2.24) is 0 Å². The minimum atomic E-state index is -0.239. The van der Waals surface area contributed by atoms with Crippen molar-refractivity contribution in [1.29, 1.82) is 0 Å². The van der Waals surface area contributed by atoms with Gasteiger partial charge in [0.05, 0.1) is 0 Å². The van der Waals surface area contributed by atoms with Crippen LogP contribution < -0.4 is 9.47 Å². The first-order valence-electron chi connectivity index (χ1n) is 7.02. The zero-order chi connectivity index (χ0) is 14.0. The van der Waals surface area contributed by atoms with Crippen molar-refractivity contribution in [2.75, 3.05) is 6.16 Å². The van der Waals surface area contributed by atoms with E-state index in [2.05, 4.69) is 9.24 Å². The molecule has 0 heterocycles. The predicted molar refractivity (Wildman–Crippen MR) is 93.6 cm³/mol. The molecule has 0 bridgehead atoms. The molecule has 2 aromatic carbocycles. The maximum absolute atomic E-state index is 5.94. The third kappa shape index (κ3) is 6.84. The highest BCUT2D eigenvalue weighted by Crippen LogP contribution is 2.18. The summed E-state index contributed by atoms with van der Waals surface area (Å²) in [5.74, 6) is 1.69. The summed E-state index contributed by atoms with van der Waals surface area (Å²) in [5.41, 5.74) is 0. The van der Waals surface area contributed by atoms with Crippen molar-refractivity contribution in [3.05, 3.63) is 60.7 Å². The normalized spacial score (nSPS) is 10.0. The van der Waals surface area contributed by atoms with Crippen LogP contribution in [0.5, 0.6) is 11.5 Å². The van der Waals surface area contributed by atoms with E-state index >= 15 is 0 Å². The van der Waals surface area contributed by atoms with E-state index in [1.165, 1.54) is 0 Å². The van der Waals surface area contributed by atoms with E-state index in [-0.39, 0.29) is 18.7 Å². The van der Waals surface area contributed by atoms with Gasteiger partial charge in [0.1, 0.15) is 11.5 Å². The van der Waals surface area contributed by atoms with Gasteiger partial charge in [-0.2, -0.15) is 0 Å². The Kier molecular flexibility index (Phi) is 8.89. The highest BCUT2D eigenvalue weighted by atomic mass is 35.5. The molecule has 0 aliphatic heterocycles. The topological polar surface area (TPSA) is 18.5 Å². The van der Waals surface area contributed by atoms with Crippen LogP contribution in [0.25, 0.3) is 0 Å². The quantitative estimate of drug-likeness (QED) is 0.389. The molecule has 2 aromatic rings. The molecule has 114 valence electrons. The Morgan fingerprint density at radius 3 is 1.67 bits per heavy atom. The summed E-state index contributed by atoms with van der Waals surface area (Å²) in [6, 6.07) is 19.7. The summed E-state index contributed by atoms with van der Waals surface area (Å²) in [6.45, 7) is 0. The van der Waals surface area contributed by atoms with Gasteiger partial charge in [0.2, 0.25) is 6.29 Å². The molecular formula is C17H22ClO2P. The number of halogens is 1. The Morgan fingerprint density at radius 2 is 1.24 bits per heavy atom. The van der Waals surface area contributed by atoms with Crippen molar-refractivity contribution < 1.29 is 9.47 Å². The molecule has 0 radical (unpaired) electrons. The molecule has 2 rings (SSSR count). The Labute approximate surface area is 135 Å². The smallest absolute Gasteiger partial charge is 0.241 e. The summed E-state index contributed by atoms with van der Waals surface area (Å²) < 4.78 is 11.9. The number of hydrogen-bond acceptors (Lipinski definition) is 2. The van der Waals surface area contributed by atoms with E-state index in [0.29, 0.717) is 0 Å². The molecule has 1 atom stereocenters. The number of benzene rings is 2. The van der Waals surface area contributed by atoms with Gasteiger partial charge in [-0.05, 0) is 43.3 Å². The summed E-state index contributed by atoms with van der Waals surface area (Å²) >= 11 is 0. The van der Waals surface area contributed by atoms with Crippen LogP contribution in [0.3, 0.4) is 0 Å². The molecule has 21 heavy (non-hydrogen) atoms. The summed E-state index contributed by atoms with van der Waals surface area (Å²) in [5, 5.41) is 0. The van der Waals surface area contributed by atoms with Gasteiger partial charge in [-0.15, -0.1) is 21.6 Å². The molecule has 0 saturated carbocycles. The van der Waals surface area contributed by atoms with Crippen LogP contribution in [0.15, 0.2) is 60.7 Å². The first kappa shape index (κ1) is 17.8. The molecule has 0 saturated heterocycles. The fourth-order valence-corrected chi connectivity index (χ4v) is 2.19. The number of ether oxygens (including phenoxy) is 2. The van der Waals surface area contributed by atoms with Crippen molar-refractivity contribution >= 4 is 21.6 Å². The number of rotatable bonds is 8. The standard InChI is InChI=1S/C17H21O2P.ClH/c20-14-8-7-13-17(18-15-9-3-1-4-10-15)19-16-11-5-2-6-12-16;/h1-6,9-12,17H,7-8,13-14,20H2;1H. The zero-order valence-corrected chi connectivity index (χ0v) is 14.0. The predicted octanol–water partition coefficient (Wildman–Crippen LogP) is 4.94. The average molecular weight is 325 g/mol. The second-order valence-electron chi connectivity index (χ2n) is 4.58. The second kappa shape index (κ2) is 10.5. The monoisotopic (exact) mass is 324 g/mol. The van der Waals surface area contributed by atoms with E-state index < -0.39 is 0 Å². The third-order valence-electron chi connectivity index (χ3n) is 2.92. The Morgan fingerprint density at radius 1 is 0.762 bits per heavy atom. The molecule has 0 fully saturated rings. The Balaban J connectivity index is 0.00000220. The lowest BCUT2D eigenvalue weighted by molar-refractivity contribution is -0.00205. The molecule has 2 nitrogen and oxygen atoms in total. The van der Waals surface area contributed by atoms with Crippen LogP contribution in [0.4, 0.5) is 0 Å². The first-order valence-corrected chi connectivity index (χ1v) is 7.83. The zero-order valence-electron chi connectivity index (χ0n) is 12.0. The van der Waals surface area contributed by atoms with E-state index in [0.717, 1.165) is 36.9 Å². The fraction of sp³-hybridized carbons (Fsp3) is 0.294. The lowest BCUT2D eigenvalue weighted by atomic mass is 10.2. The third-order valence-corrected chi connectivity index (χ3v) is 3.32. The molecule has 0 aliphatic carbocycles. The van der Waals surface area contributed by atoms with Crippen molar-refractivity contribution in [3.63, 3.8) is 0 Å². The van der Waals surface area contributed by atoms with Crippen LogP contribution in [0, 0.1) is 0 Å². The minimum absolute atomic E-state index is 0. The summed E-state index contributed by atoms with van der Waals surface area (Å²) in [6.07, 6.45) is 4.02. The number of unbranched alkanes of at least 4 members (excludes halogenated alkanes) is 1. The van der Waals surface area contributed by atoms with Crippen LogP contribution >= 0.6 is 21.6 Å². The summed E-state index contributed by atoms with van der Waals surface area (Å²) in [4.78, 5) is 0. The first-order chi connectivity index (χ1) is 9.88. The van der Waals surface area contributed by atoms with Gasteiger partial charge < -0.3 is 9.47 Å². The van der Waals surface area contributed by atoms with E-state index in [9.17, 15) is 0 Å². The van der Waals surface area contributed by atoms with E-state index in [1.54, 1.807) is 0 Å². The van der Waals surface area contributed by atoms with Gasteiger partial charge in [0.25, 0.3) is 0 Å². The Bertz CT molecular complexity index is 437. The largest absolute Gasteiger partial charge is 0.455 e. The maximum atomic E-state index is 5.94. The summed E-state index contributed by atoms with van der Waals surface area (Å²) in [7, 11) is 2.76. The van der Waals surface area contributed by atoms with E-state index in [4.69, 9.17) is 9.47 Å². The van der Waals surface area contributed by atoms with Gasteiger partial charge in [-0.3, -0.25) is 0 Å². The minimum Gasteiger partial charge on any atom is -0.455 e. The maximum Gasteiger partial charge on any atom is 0.241 e. The molecule has 0 amide bonds. The van der Waals surface area contributed by atoms with Crippen LogP contribution in [0.2, 0.25) is 0 Å². The number of para-hydroxylation sites is 2. The van der Waals surface area contributed by atoms with E-state index in [1.807, 2.05) is 60.7 Å². The lowest BCUT2D eigenvalue weighted by Gasteiger charge is -2.20. The van der Waals surface area contributed by atoms with Gasteiger partial charge in [0.15, 0.2) is 0 Å². The molecule has 0 spiro atoms. The molecule has 1 unspecified atom stereocenters. The average Bonchev–Trinajstić information content (AvgIpc) is 2.49. The van der Waals surface area contributed by atoms with Crippen LogP contribution in [0.1, 0.15) is 19.3 Å². The fourth-order valence-electron chi connectivity index (χ4n) is 1.90. The lowest BCUT2D eigenvalue weighted by Crippen LogP contribution is -2.24. The molecular weight excluding hydrogens is 303 g/mol. The van der Waals surface area contributed by atoms with Gasteiger partial charge in [-0.25, -0.2) is 0 Å². The molecule has 4 heteroatoms. The van der Waals surface area contributed by atoms with Gasteiger partial charge in [-0.1, -0.05) is 36.4 Å². The second-order valence-corrected chi connectivity index (χ2v) is 5.15. The number of hydrogen-bond donors (Lipinski definition) is 0. The van der Waals surface area contributed by atoms with Crippen LogP contribution in [-0.4, -0.2) is 12.5 Å². The SMILES string of the molecule is Cl.PCCCCC(Oc1ccccc1)Oc1ccccc1. The Hall–Kier alpha value is -1.24. The van der Waals surface area contributed by atoms with Crippen molar-refractivity contribution in [3.8, 4) is 11.5 Å². The molecule has 0 aliphatic rings. The van der Waals surface area contributed by atoms with Crippen molar-refractivity contribution in [2.45, 2.75) is 25.6 Å². The highest BCUT2D eigenvalue weighted by molar-refractivity contribution is 7.16.